The molecule has 1 rings (SSSR count). The minimum absolute atomic E-state index is 0.0347. The molecule has 1 aromatic rings. The average molecular weight is 283 g/mol. The predicted molar refractivity (Wildman–Crippen MR) is 76.9 cm³/mol. The highest BCUT2D eigenvalue weighted by atomic mass is 19.1. The van der Waals surface area contributed by atoms with Crippen molar-refractivity contribution >= 4 is 5.78 Å². The topological polar surface area (TPSA) is 20.3 Å². The Morgan fingerprint density at radius 3 is 2.50 bits per heavy atom. The molecule has 0 unspecified atom stereocenters. The Kier molecular flexibility index (Phi) is 6.79. The van der Waals surface area contributed by atoms with Crippen LogP contribution in [0.5, 0.6) is 0 Å². The van der Waals surface area contributed by atoms with Gasteiger partial charge in [0.05, 0.1) is 12.1 Å². The summed E-state index contributed by atoms with van der Waals surface area (Å²) in [5.74, 6) is -1.75. The van der Waals surface area contributed by atoms with E-state index in [0.717, 1.165) is 37.9 Å². The molecule has 0 spiro atoms. The Morgan fingerprint density at radius 1 is 1.25 bits per heavy atom. The van der Waals surface area contributed by atoms with Gasteiger partial charge in [0, 0.05) is 12.1 Å². The molecule has 20 heavy (non-hydrogen) atoms. The maximum absolute atomic E-state index is 13.6. The van der Waals surface area contributed by atoms with Crippen LogP contribution in [0.4, 0.5) is 8.78 Å². The highest BCUT2D eigenvalue weighted by Crippen LogP contribution is 2.12. The van der Waals surface area contributed by atoms with E-state index in [9.17, 15) is 13.6 Å². The number of benzene rings is 1. The third kappa shape index (κ3) is 5.00. The van der Waals surface area contributed by atoms with Crippen molar-refractivity contribution < 1.29 is 13.6 Å². The van der Waals surface area contributed by atoms with Crippen molar-refractivity contribution in [1.82, 2.24) is 4.90 Å². The van der Waals surface area contributed by atoms with Crippen LogP contribution in [0.15, 0.2) is 18.2 Å². The van der Waals surface area contributed by atoms with Crippen LogP contribution in [0, 0.1) is 11.6 Å². The number of hydrogen-bond acceptors (Lipinski definition) is 2. The highest BCUT2D eigenvalue weighted by Gasteiger charge is 2.18. The summed E-state index contributed by atoms with van der Waals surface area (Å²) in [5.41, 5.74) is -0.0347. The van der Waals surface area contributed by atoms with E-state index in [1.54, 1.807) is 0 Å². The fourth-order valence-electron chi connectivity index (χ4n) is 2.07. The third-order valence-electron chi connectivity index (χ3n) is 3.36. The van der Waals surface area contributed by atoms with Gasteiger partial charge in [-0.1, -0.05) is 19.8 Å². The zero-order valence-electron chi connectivity index (χ0n) is 12.5. The number of Topliss-reactive ketones (excluding diaryl/α,β-unsaturated/α-hetero) is 1. The lowest BCUT2D eigenvalue weighted by atomic mass is 10.1. The van der Waals surface area contributed by atoms with Gasteiger partial charge in [0.25, 0.3) is 0 Å². The summed E-state index contributed by atoms with van der Waals surface area (Å²) in [7, 11) is 0. The Morgan fingerprint density at radius 2 is 1.95 bits per heavy atom. The van der Waals surface area contributed by atoms with Gasteiger partial charge < -0.3 is 0 Å². The van der Waals surface area contributed by atoms with Gasteiger partial charge in [-0.25, -0.2) is 8.78 Å². The zero-order chi connectivity index (χ0) is 15.1. The van der Waals surface area contributed by atoms with E-state index >= 15 is 0 Å². The fraction of sp³-hybridized carbons (Fsp3) is 0.562. The summed E-state index contributed by atoms with van der Waals surface area (Å²) in [5, 5.41) is 0. The van der Waals surface area contributed by atoms with Crippen molar-refractivity contribution in [3.8, 4) is 0 Å². The number of ketones is 1. The number of hydrogen-bond donors (Lipinski definition) is 0. The molecule has 0 aliphatic rings. The lowest BCUT2D eigenvalue weighted by Gasteiger charge is -2.25. The van der Waals surface area contributed by atoms with Crippen molar-refractivity contribution in [1.29, 1.82) is 0 Å². The lowest BCUT2D eigenvalue weighted by molar-refractivity contribution is 0.0899. The molecule has 0 saturated carbocycles. The molecule has 1 aromatic carbocycles. The van der Waals surface area contributed by atoms with E-state index in [0.29, 0.717) is 0 Å². The average Bonchev–Trinajstić information content (AvgIpc) is 2.37. The molecule has 0 bridgehead atoms. The van der Waals surface area contributed by atoms with Gasteiger partial charge in [0.15, 0.2) is 5.78 Å². The summed E-state index contributed by atoms with van der Waals surface area (Å²) in [6, 6.07) is 3.31. The Hall–Kier alpha value is -1.29. The molecule has 0 aliphatic carbocycles. The van der Waals surface area contributed by atoms with Crippen LogP contribution in [0.1, 0.15) is 50.4 Å². The van der Waals surface area contributed by atoms with Crippen LogP contribution < -0.4 is 0 Å². The molecular formula is C16H23F2NO. The Balaban J connectivity index is 2.70. The van der Waals surface area contributed by atoms with Crippen LogP contribution in [-0.4, -0.2) is 29.8 Å². The summed E-state index contributed by atoms with van der Waals surface area (Å²) >= 11 is 0. The maximum Gasteiger partial charge on any atom is 0.179 e. The molecular weight excluding hydrogens is 260 g/mol. The largest absolute Gasteiger partial charge is 0.293 e. The quantitative estimate of drug-likeness (QED) is 0.530. The van der Waals surface area contributed by atoms with Crippen molar-refractivity contribution in [3.05, 3.63) is 35.4 Å². The fourth-order valence-corrected chi connectivity index (χ4v) is 2.07. The number of halogens is 2. The summed E-state index contributed by atoms with van der Waals surface area (Å²) in [4.78, 5) is 14.1. The molecule has 0 radical (unpaired) electrons. The first-order valence-electron chi connectivity index (χ1n) is 7.18. The molecule has 2 nitrogen and oxygen atoms in total. The minimum Gasteiger partial charge on any atom is -0.293 e. The lowest BCUT2D eigenvalue weighted by Crippen LogP contribution is -2.36. The van der Waals surface area contributed by atoms with Gasteiger partial charge in [-0.3, -0.25) is 9.69 Å². The maximum atomic E-state index is 13.6. The summed E-state index contributed by atoms with van der Waals surface area (Å²) in [6.07, 6.45) is 3.25. The highest BCUT2D eigenvalue weighted by molar-refractivity contribution is 5.97. The molecule has 0 N–H and O–H groups in total. The second-order valence-electron chi connectivity index (χ2n) is 5.32. The second-order valence-corrected chi connectivity index (χ2v) is 5.32. The third-order valence-corrected chi connectivity index (χ3v) is 3.36. The summed E-state index contributed by atoms with van der Waals surface area (Å²) < 4.78 is 26.4. The molecule has 112 valence electrons. The van der Waals surface area contributed by atoms with E-state index in [2.05, 4.69) is 6.92 Å². The van der Waals surface area contributed by atoms with Crippen molar-refractivity contribution in [3.63, 3.8) is 0 Å². The van der Waals surface area contributed by atoms with Crippen molar-refractivity contribution in [2.45, 2.75) is 46.1 Å². The SMILES string of the molecule is CCCCCN(CC(=O)c1ccc(F)cc1F)C(C)C. The molecule has 4 heteroatoms. The van der Waals surface area contributed by atoms with Gasteiger partial charge >= 0.3 is 0 Å². The van der Waals surface area contributed by atoms with E-state index in [1.807, 2.05) is 18.7 Å². The van der Waals surface area contributed by atoms with Crippen LogP contribution >= 0.6 is 0 Å². The van der Waals surface area contributed by atoms with Gasteiger partial charge in [0.1, 0.15) is 11.6 Å². The van der Waals surface area contributed by atoms with Crippen LogP contribution in [-0.2, 0) is 0 Å². The van der Waals surface area contributed by atoms with E-state index in [-0.39, 0.29) is 23.9 Å². The number of nitrogens with zero attached hydrogens (tertiary/aromatic N) is 1. The molecule has 0 amide bonds. The van der Waals surface area contributed by atoms with Crippen LogP contribution in [0.3, 0.4) is 0 Å². The first-order valence-corrected chi connectivity index (χ1v) is 7.18. The van der Waals surface area contributed by atoms with Gasteiger partial charge in [-0.05, 0) is 38.9 Å². The number of carbonyl (C=O) groups excluding carboxylic acids is 1. The van der Waals surface area contributed by atoms with E-state index in [4.69, 9.17) is 0 Å². The molecule has 0 heterocycles. The molecule has 0 aliphatic heterocycles. The molecule has 0 aromatic heterocycles. The van der Waals surface area contributed by atoms with Gasteiger partial charge in [-0.15, -0.1) is 0 Å². The first-order chi connectivity index (χ1) is 9.45. The van der Waals surface area contributed by atoms with Gasteiger partial charge in [0.2, 0.25) is 0 Å². The first kappa shape index (κ1) is 16.8. The van der Waals surface area contributed by atoms with Crippen molar-refractivity contribution in [2.75, 3.05) is 13.1 Å². The Labute approximate surface area is 119 Å². The smallest absolute Gasteiger partial charge is 0.179 e. The van der Waals surface area contributed by atoms with Crippen LogP contribution in [0.2, 0.25) is 0 Å². The molecule has 0 atom stereocenters. The monoisotopic (exact) mass is 283 g/mol. The number of unbranched alkanes of at least 4 members (excludes halogenated alkanes) is 2. The van der Waals surface area contributed by atoms with E-state index in [1.165, 1.54) is 6.07 Å². The van der Waals surface area contributed by atoms with Crippen molar-refractivity contribution in [2.24, 2.45) is 0 Å². The molecule has 0 saturated heterocycles. The van der Waals surface area contributed by atoms with Crippen LogP contribution in [0.25, 0.3) is 0 Å². The minimum atomic E-state index is -0.785. The zero-order valence-corrected chi connectivity index (χ0v) is 12.5. The van der Waals surface area contributed by atoms with Gasteiger partial charge in [-0.2, -0.15) is 0 Å². The predicted octanol–water partition coefficient (Wildman–Crippen LogP) is 4.05. The Bertz CT molecular complexity index is 446. The molecule has 0 fully saturated rings. The standard InChI is InChI=1S/C16H23F2NO/c1-4-5-6-9-19(12(2)3)11-16(20)14-8-7-13(17)10-15(14)18/h7-8,10,12H,4-6,9,11H2,1-3H3. The number of carbonyl (C=O) groups is 1. The number of rotatable bonds is 8. The normalized spacial score (nSPS) is 11.3. The summed E-state index contributed by atoms with van der Waals surface area (Å²) in [6.45, 7) is 7.14. The van der Waals surface area contributed by atoms with E-state index < -0.39 is 11.6 Å². The second kappa shape index (κ2) is 8.10.